The zero-order valence-corrected chi connectivity index (χ0v) is 22.4. The van der Waals surface area contributed by atoms with Gasteiger partial charge in [-0.05, 0) is 37.2 Å². The lowest BCUT2D eigenvalue weighted by atomic mass is 9.38. The minimum Gasteiger partial charge on any atom is -0.469 e. The standard InChI is InChI=1S/C27H38O9/c1-14(28)34-20-9-11-24(4,5)27(31)23(36-16(3)30)22(35-15(2)29)21-18(25(20,27)6)13-19-17(10-12-33-19)26(21,7)32-8/h10,12,18,20-23,31H,9,11,13H2,1-8H3/t18-,20-,21?,22+,23-,25-,26+,27+/m0/s1. The van der Waals surface area contributed by atoms with Gasteiger partial charge in [0.15, 0.2) is 6.10 Å². The maximum absolute atomic E-state index is 12.9. The number of methoxy groups -OCH3 is 1. The lowest BCUT2D eigenvalue weighted by Crippen LogP contribution is -2.81. The Labute approximate surface area is 211 Å². The predicted octanol–water partition coefficient (Wildman–Crippen LogP) is 3.30. The maximum atomic E-state index is 12.9. The molecule has 9 nitrogen and oxygen atoms in total. The third-order valence-electron chi connectivity index (χ3n) is 9.47. The van der Waals surface area contributed by atoms with E-state index in [1.807, 2.05) is 33.8 Å². The van der Waals surface area contributed by atoms with Gasteiger partial charge in [0.25, 0.3) is 0 Å². The third-order valence-corrected chi connectivity index (χ3v) is 9.47. The summed E-state index contributed by atoms with van der Waals surface area (Å²) in [6.45, 7) is 11.5. The quantitative estimate of drug-likeness (QED) is 0.484. The van der Waals surface area contributed by atoms with Gasteiger partial charge in [0, 0.05) is 51.2 Å². The Morgan fingerprint density at radius 2 is 1.61 bits per heavy atom. The van der Waals surface area contributed by atoms with Gasteiger partial charge in [0.05, 0.1) is 6.26 Å². The van der Waals surface area contributed by atoms with Crippen LogP contribution in [0.25, 0.3) is 0 Å². The van der Waals surface area contributed by atoms with Crippen molar-refractivity contribution in [1.82, 2.24) is 0 Å². The first-order chi connectivity index (χ1) is 16.6. The summed E-state index contributed by atoms with van der Waals surface area (Å²) in [5.41, 5.74) is -3.86. The van der Waals surface area contributed by atoms with Gasteiger partial charge in [-0.1, -0.05) is 20.8 Å². The topological polar surface area (TPSA) is 122 Å². The largest absolute Gasteiger partial charge is 0.469 e. The molecule has 1 N–H and O–H groups in total. The zero-order valence-electron chi connectivity index (χ0n) is 22.4. The van der Waals surface area contributed by atoms with E-state index >= 15 is 0 Å². The highest BCUT2D eigenvalue weighted by Gasteiger charge is 2.78. The fourth-order valence-corrected chi connectivity index (χ4v) is 7.84. The first-order valence-electron chi connectivity index (χ1n) is 12.5. The minimum absolute atomic E-state index is 0.392. The van der Waals surface area contributed by atoms with Crippen LogP contribution in [-0.4, -0.2) is 54.0 Å². The maximum Gasteiger partial charge on any atom is 0.303 e. The molecular weight excluding hydrogens is 468 g/mol. The second kappa shape index (κ2) is 8.58. The summed E-state index contributed by atoms with van der Waals surface area (Å²) < 4.78 is 29.7. The zero-order chi connectivity index (χ0) is 26.8. The molecule has 3 aliphatic carbocycles. The van der Waals surface area contributed by atoms with Crippen molar-refractivity contribution in [3.8, 4) is 0 Å². The van der Waals surface area contributed by atoms with Crippen molar-refractivity contribution in [3.05, 3.63) is 23.7 Å². The molecule has 2 fully saturated rings. The first kappa shape index (κ1) is 26.7. The van der Waals surface area contributed by atoms with E-state index in [0.29, 0.717) is 25.0 Å². The monoisotopic (exact) mass is 506 g/mol. The van der Waals surface area contributed by atoms with Crippen molar-refractivity contribution in [2.75, 3.05) is 7.11 Å². The molecule has 36 heavy (non-hydrogen) atoms. The number of aliphatic hydroxyl groups is 1. The highest BCUT2D eigenvalue weighted by molar-refractivity contribution is 5.68. The van der Waals surface area contributed by atoms with E-state index in [9.17, 15) is 19.5 Å². The Hall–Kier alpha value is -2.39. The Kier molecular flexibility index (Phi) is 6.36. The average Bonchev–Trinajstić information content (AvgIpc) is 3.25. The molecule has 1 heterocycles. The van der Waals surface area contributed by atoms with Crippen LogP contribution in [0.4, 0.5) is 0 Å². The number of ether oxygens (including phenoxy) is 4. The van der Waals surface area contributed by atoms with Crippen LogP contribution >= 0.6 is 0 Å². The van der Waals surface area contributed by atoms with Gasteiger partial charge >= 0.3 is 17.9 Å². The van der Waals surface area contributed by atoms with Crippen LogP contribution in [0, 0.1) is 22.7 Å². The normalized spacial score (nSPS) is 40.8. The smallest absolute Gasteiger partial charge is 0.303 e. The van der Waals surface area contributed by atoms with Crippen LogP contribution in [0.2, 0.25) is 0 Å². The van der Waals surface area contributed by atoms with Gasteiger partial charge < -0.3 is 28.5 Å². The molecule has 0 aromatic carbocycles. The van der Waals surface area contributed by atoms with Crippen molar-refractivity contribution < 1.29 is 42.9 Å². The number of carbonyl (C=O) groups is 3. The van der Waals surface area contributed by atoms with Gasteiger partial charge in [-0.25, -0.2) is 0 Å². The number of hydrogen-bond donors (Lipinski definition) is 1. The van der Waals surface area contributed by atoms with Gasteiger partial charge in [-0.2, -0.15) is 0 Å². The van der Waals surface area contributed by atoms with Gasteiger partial charge in [0.2, 0.25) is 0 Å². The Morgan fingerprint density at radius 3 is 2.17 bits per heavy atom. The molecule has 1 aromatic heterocycles. The number of furan rings is 1. The molecule has 4 rings (SSSR count). The molecule has 0 bridgehead atoms. The summed E-state index contributed by atoms with van der Waals surface area (Å²) in [4.78, 5) is 37.2. The first-order valence-corrected chi connectivity index (χ1v) is 12.5. The van der Waals surface area contributed by atoms with Crippen LogP contribution < -0.4 is 0 Å². The fraction of sp³-hybridized carbons (Fsp3) is 0.741. The lowest BCUT2D eigenvalue weighted by molar-refractivity contribution is -0.352. The molecule has 1 aromatic rings. The minimum atomic E-state index is -1.73. The molecule has 9 heteroatoms. The number of rotatable bonds is 4. The van der Waals surface area contributed by atoms with E-state index in [2.05, 4.69) is 0 Å². The molecule has 3 aliphatic rings. The molecule has 200 valence electrons. The summed E-state index contributed by atoms with van der Waals surface area (Å²) in [6.07, 6.45) is 0.0325. The second-order valence-electron chi connectivity index (χ2n) is 11.6. The van der Waals surface area contributed by atoms with Gasteiger partial charge in [-0.3, -0.25) is 14.4 Å². The summed E-state index contributed by atoms with van der Waals surface area (Å²) in [5.74, 6) is -1.93. The Balaban J connectivity index is 2.07. The summed E-state index contributed by atoms with van der Waals surface area (Å²) in [6, 6.07) is 1.83. The van der Waals surface area contributed by atoms with Crippen molar-refractivity contribution in [3.63, 3.8) is 0 Å². The van der Waals surface area contributed by atoms with Crippen molar-refractivity contribution in [1.29, 1.82) is 0 Å². The van der Waals surface area contributed by atoms with Crippen molar-refractivity contribution in [2.45, 2.75) is 97.2 Å². The van der Waals surface area contributed by atoms with E-state index in [-0.39, 0.29) is 0 Å². The molecular formula is C27H38O9. The van der Waals surface area contributed by atoms with E-state index in [4.69, 9.17) is 23.4 Å². The van der Waals surface area contributed by atoms with Crippen molar-refractivity contribution >= 4 is 17.9 Å². The number of esters is 3. The predicted molar refractivity (Wildman–Crippen MR) is 126 cm³/mol. The highest BCUT2D eigenvalue weighted by atomic mass is 16.6. The SMILES string of the molecule is CO[C@]1(C)c2ccoc2C[C@H]2C1[C@@H](OC(C)=O)[C@H](OC(C)=O)[C@@]1(O)C(C)(C)CC[C@H](OC(C)=O)[C@]21C. The number of hydrogen-bond acceptors (Lipinski definition) is 9. The van der Waals surface area contributed by atoms with Crippen LogP contribution in [-0.2, 0) is 45.4 Å². The van der Waals surface area contributed by atoms with Gasteiger partial charge in [0.1, 0.15) is 29.2 Å². The lowest BCUT2D eigenvalue weighted by Gasteiger charge is -2.70. The second-order valence-corrected chi connectivity index (χ2v) is 11.6. The average molecular weight is 507 g/mol. The molecule has 0 aliphatic heterocycles. The van der Waals surface area contributed by atoms with Gasteiger partial charge in [-0.15, -0.1) is 0 Å². The van der Waals surface area contributed by atoms with E-state index in [0.717, 1.165) is 5.56 Å². The summed E-state index contributed by atoms with van der Waals surface area (Å²) in [7, 11) is 1.57. The van der Waals surface area contributed by atoms with Crippen molar-refractivity contribution in [2.24, 2.45) is 22.7 Å². The Bertz CT molecular complexity index is 1060. The highest BCUT2D eigenvalue weighted by Crippen LogP contribution is 2.69. The summed E-state index contributed by atoms with van der Waals surface area (Å²) >= 11 is 0. The van der Waals surface area contributed by atoms with E-state index in [1.165, 1.54) is 20.8 Å². The van der Waals surface area contributed by atoms with Crippen LogP contribution in [0.15, 0.2) is 16.7 Å². The molecule has 0 spiro atoms. The molecule has 1 unspecified atom stereocenters. The molecule has 0 saturated heterocycles. The molecule has 8 atom stereocenters. The van der Waals surface area contributed by atoms with Crippen LogP contribution in [0.1, 0.15) is 72.6 Å². The number of carbonyl (C=O) groups excluding carboxylic acids is 3. The summed E-state index contributed by atoms with van der Waals surface area (Å²) in [5, 5.41) is 12.9. The molecule has 0 amide bonds. The number of fused-ring (bicyclic) bond motifs is 4. The Morgan fingerprint density at radius 1 is 1.00 bits per heavy atom. The van der Waals surface area contributed by atoms with E-state index < -0.39 is 70.1 Å². The molecule has 0 radical (unpaired) electrons. The van der Waals surface area contributed by atoms with Crippen LogP contribution in [0.3, 0.4) is 0 Å². The third kappa shape index (κ3) is 3.45. The molecule has 2 saturated carbocycles. The fourth-order valence-electron chi connectivity index (χ4n) is 7.84. The van der Waals surface area contributed by atoms with Crippen LogP contribution in [0.5, 0.6) is 0 Å². The van der Waals surface area contributed by atoms with E-state index in [1.54, 1.807) is 13.4 Å².